The summed E-state index contributed by atoms with van der Waals surface area (Å²) in [5.74, 6) is 0.373. The Morgan fingerprint density at radius 1 is 1.22 bits per heavy atom. The minimum Gasteiger partial charge on any atom is -0.444 e. The van der Waals surface area contributed by atoms with E-state index in [2.05, 4.69) is 31.2 Å². The van der Waals surface area contributed by atoms with Crippen molar-refractivity contribution >= 4 is 46.1 Å². The molecule has 1 aromatic carbocycles. The Labute approximate surface area is 214 Å². The van der Waals surface area contributed by atoms with Crippen LogP contribution < -0.4 is 15.1 Å². The van der Waals surface area contributed by atoms with Crippen LogP contribution in [0.2, 0.25) is 5.02 Å². The van der Waals surface area contributed by atoms with Crippen molar-refractivity contribution in [2.24, 2.45) is 0 Å². The van der Waals surface area contributed by atoms with E-state index < -0.39 is 17.2 Å². The number of hydrogen-bond donors (Lipinski definition) is 2. The van der Waals surface area contributed by atoms with Gasteiger partial charge in [-0.1, -0.05) is 11.6 Å². The summed E-state index contributed by atoms with van der Waals surface area (Å²) in [6.07, 6.45) is 3.19. The van der Waals surface area contributed by atoms with Gasteiger partial charge in [-0.05, 0) is 63.9 Å². The zero-order valence-electron chi connectivity index (χ0n) is 20.4. The molecule has 2 N–H and O–H groups in total. The van der Waals surface area contributed by atoms with Crippen LogP contribution >= 0.6 is 11.6 Å². The molecular formula is C25H28ClN7O3. The Bertz CT molecular complexity index is 1290. The fraction of sp³-hybridized carbons (Fsp3) is 0.400. The smallest absolute Gasteiger partial charge is 0.408 e. The van der Waals surface area contributed by atoms with Gasteiger partial charge in [-0.25, -0.2) is 14.8 Å². The number of halogens is 1. The van der Waals surface area contributed by atoms with Crippen molar-refractivity contribution in [3.05, 3.63) is 47.9 Å². The van der Waals surface area contributed by atoms with Gasteiger partial charge in [-0.3, -0.25) is 9.69 Å². The van der Waals surface area contributed by atoms with Gasteiger partial charge in [-0.2, -0.15) is 5.26 Å². The first-order valence-electron chi connectivity index (χ1n) is 11.6. The van der Waals surface area contributed by atoms with E-state index in [0.717, 1.165) is 16.9 Å². The van der Waals surface area contributed by atoms with Crippen LogP contribution in [0.4, 0.5) is 16.3 Å². The Hall–Kier alpha value is -3.84. The summed E-state index contributed by atoms with van der Waals surface area (Å²) in [7, 11) is 0. The number of aromatic amines is 1. The first-order chi connectivity index (χ1) is 17.1. The number of ether oxygens (including phenoxy) is 1. The number of anilines is 2. The fourth-order valence-electron chi connectivity index (χ4n) is 4.33. The molecule has 0 atom stereocenters. The Kier molecular flexibility index (Phi) is 7.04. The minimum absolute atomic E-state index is 0.183. The molecule has 1 aliphatic heterocycles. The highest BCUT2D eigenvalue weighted by Crippen LogP contribution is 2.32. The molecule has 0 aliphatic carbocycles. The average molecular weight is 510 g/mol. The summed E-state index contributed by atoms with van der Waals surface area (Å²) < 4.78 is 5.49. The molecule has 2 aromatic heterocycles. The highest BCUT2D eigenvalue weighted by Gasteiger charge is 2.46. The molecule has 10 nitrogen and oxygen atoms in total. The van der Waals surface area contributed by atoms with Gasteiger partial charge in [0, 0.05) is 30.0 Å². The molecule has 1 aliphatic rings. The molecule has 36 heavy (non-hydrogen) atoms. The van der Waals surface area contributed by atoms with Gasteiger partial charge < -0.3 is 19.9 Å². The number of aromatic nitrogens is 3. The number of benzene rings is 1. The lowest BCUT2D eigenvalue weighted by Gasteiger charge is -2.43. The monoisotopic (exact) mass is 509 g/mol. The molecular weight excluding hydrogens is 482 g/mol. The zero-order chi connectivity index (χ0) is 25.9. The van der Waals surface area contributed by atoms with Gasteiger partial charge in [0.1, 0.15) is 35.5 Å². The Balaban J connectivity index is 1.64. The first kappa shape index (κ1) is 25.3. The average Bonchev–Trinajstić information content (AvgIpc) is 3.31. The zero-order valence-corrected chi connectivity index (χ0v) is 21.2. The number of nitrogens with one attached hydrogen (secondary N) is 2. The van der Waals surface area contributed by atoms with Crippen LogP contribution in [0.1, 0.15) is 33.6 Å². The van der Waals surface area contributed by atoms with E-state index in [1.165, 1.54) is 11.2 Å². The number of amides is 2. The predicted octanol–water partition coefficient (Wildman–Crippen LogP) is 4.03. The third-order valence-electron chi connectivity index (χ3n) is 6.01. The standard InChI is InChI=1S/C25H28ClN7O3/c1-24(2,3)36-23(35)31-25(22(34)33(15-11-27)18-6-4-17(26)5-7-18)9-13-32(14-10-25)21-19-8-12-28-20(19)29-16-30-21/h4-8,12,16H,9-10,13-15H2,1-3H3,(H,31,35)(H,28,29,30). The molecule has 0 saturated carbocycles. The summed E-state index contributed by atoms with van der Waals surface area (Å²) >= 11 is 6.03. The number of nitriles is 1. The van der Waals surface area contributed by atoms with E-state index in [1.807, 2.05) is 6.07 Å². The minimum atomic E-state index is -1.28. The Morgan fingerprint density at radius 3 is 2.56 bits per heavy atom. The molecule has 0 radical (unpaired) electrons. The van der Waals surface area contributed by atoms with Crippen molar-refractivity contribution in [3.63, 3.8) is 0 Å². The van der Waals surface area contributed by atoms with Crippen LogP contribution in [-0.2, 0) is 9.53 Å². The number of carbonyl (C=O) groups excluding carboxylic acids is 2. The maximum absolute atomic E-state index is 14.0. The fourth-order valence-corrected chi connectivity index (χ4v) is 4.46. The van der Waals surface area contributed by atoms with Crippen LogP contribution in [0, 0.1) is 11.3 Å². The number of carbonyl (C=O) groups is 2. The number of piperidine rings is 1. The van der Waals surface area contributed by atoms with Gasteiger partial charge in [0.2, 0.25) is 0 Å². The first-order valence-corrected chi connectivity index (χ1v) is 12.0. The predicted molar refractivity (Wildman–Crippen MR) is 137 cm³/mol. The molecule has 188 valence electrons. The highest BCUT2D eigenvalue weighted by atomic mass is 35.5. The van der Waals surface area contributed by atoms with Crippen LogP contribution in [0.3, 0.4) is 0 Å². The van der Waals surface area contributed by atoms with E-state index in [1.54, 1.807) is 51.2 Å². The van der Waals surface area contributed by atoms with E-state index in [9.17, 15) is 14.9 Å². The third-order valence-corrected chi connectivity index (χ3v) is 6.26. The van der Waals surface area contributed by atoms with E-state index in [-0.39, 0.29) is 25.3 Å². The topological polar surface area (TPSA) is 127 Å². The number of rotatable bonds is 5. The van der Waals surface area contributed by atoms with Crippen molar-refractivity contribution in [3.8, 4) is 6.07 Å². The molecule has 0 unspecified atom stereocenters. The molecule has 3 heterocycles. The van der Waals surface area contributed by atoms with Crippen LogP contribution in [0.15, 0.2) is 42.9 Å². The molecule has 3 aromatic rings. The second kappa shape index (κ2) is 10.0. The quantitative estimate of drug-likeness (QED) is 0.497. The molecule has 4 rings (SSSR count). The molecule has 2 amide bonds. The summed E-state index contributed by atoms with van der Waals surface area (Å²) in [6, 6.07) is 10.6. The summed E-state index contributed by atoms with van der Waals surface area (Å²) in [5.41, 5.74) is -0.774. The summed E-state index contributed by atoms with van der Waals surface area (Å²) in [4.78, 5) is 42.1. The lowest BCUT2D eigenvalue weighted by Crippen LogP contribution is -2.64. The number of fused-ring (bicyclic) bond motifs is 1. The molecule has 11 heteroatoms. The second-order valence-electron chi connectivity index (χ2n) is 9.66. The molecule has 0 bridgehead atoms. The van der Waals surface area contributed by atoms with Gasteiger partial charge in [-0.15, -0.1) is 0 Å². The number of alkyl carbamates (subject to hydrolysis) is 1. The SMILES string of the molecule is CC(C)(C)OC(=O)NC1(C(=O)N(CC#N)c2ccc(Cl)cc2)CCN(c2ncnc3[nH]ccc23)CC1. The summed E-state index contributed by atoms with van der Waals surface area (Å²) in [6.45, 7) is 5.99. The number of H-pyrrole nitrogens is 1. The maximum atomic E-state index is 14.0. The van der Waals surface area contributed by atoms with Crippen molar-refractivity contribution in [2.45, 2.75) is 44.8 Å². The van der Waals surface area contributed by atoms with E-state index in [4.69, 9.17) is 16.3 Å². The third kappa shape index (κ3) is 5.36. The van der Waals surface area contributed by atoms with Crippen LogP contribution in [0.5, 0.6) is 0 Å². The maximum Gasteiger partial charge on any atom is 0.408 e. The number of hydrogen-bond acceptors (Lipinski definition) is 7. The lowest BCUT2D eigenvalue weighted by molar-refractivity contribution is -0.125. The van der Waals surface area contributed by atoms with Crippen molar-refractivity contribution in [2.75, 3.05) is 29.4 Å². The highest BCUT2D eigenvalue weighted by molar-refractivity contribution is 6.30. The lowest BCUT2D eigenvalue weighted by atomic mass is 9.85. The van der Waals surface area contributed by atoms with Crippen LogP contribution in [-0.4, -0.2) is 57.7 Å². The van der Waals surface area contributed by atoms with E-state index >= 15 is 0 Å². The van der Waals surface area contributed by atoms with Crippen LogP contribution in [0.25, 0.3) is 11.0 Å². The van der Waals surface area contributed by atoms with Gasteiger partial charge >= 0.3 is 6.09 Å². The number of nitrogens with zero attached hydrogens (tertiary/aromatic N) is 5. The van der Waals surface area contributed by atoms with Crippen molar-refractivity contribution < 1.29 is 14.3 Å². The molecule has 0 spiro atoms. The second-order valence-corrected chi connectivity index (χ2v) is 10.1. The van der Waals surface area contributed by atoms with Gasteiger partial charge in [0.15, 0.2) is 0 Å². The molecule has 1 fully saturated rings. The molecule has 1 saturated heterocycles. The van der Waals surface area contributed by atoms with Crippen molar-refractivity contribution in [1.29, 1.82) is 5.26 Å². The summed E-state index contributed by atoms with van der Waals surface area (Å²) in [5, 5.41) is 13.7. The van der Waals surface area contributed by atoms with Gasteiger partial charge in [0.05, 0.1) is 11.5 Å². The van der Waals surface area contributed by atoms with E-state index in [0.29, 0.717) is 23.8 Å². The normalized spacial score (nSPS) is 15.2. The van der Waals surface area contributed by atoms with Crippen molar-refractivity contribution in [1.82, 2.24) is 20.3 Å². The Morgan fingerprint density at radius 2 is 1.92 bits per heavy atom. The largest absolute Gasteiger partial charge is 0.444 e. The van der Waals surface area contributed by atoms with Gasteiger partial charge in [0.25, 0.3) is 5.91 Å².